The van der Waals surface area contributed by atoms with E-state index < -0.39 is 28.2 Å². The molecule has 6 nitrogen and oxygen atoms in total. The first-order valence-corrected chi connectivity index (χ1v) is 6.05. The van der Waals surface area contributed by atoms with Gasteiger partial charge in [-0.05, 0) is 5.92 Å². The van der Waals surface area contributed by atoms with Gasteiger partial charge in [-0.3, -0.25) is 0 Å². The highest BCUT2D eigenvalue weighted by atomic mass is 32.2. The van der Waals surface area contributed by atoms with Gasteiger partial charge in [0, 0.05) is 19.1 Å². The Kier molecular flexibility index (Phi) is 3.50. The topological polar surface area (TPSA) is 86.7 Å². The molecule has 0 aromatic heterocycles. The van der Waals surface area contributed by atoms with Gasteiger partial charge in [-0.15, -0.1) is 0 Å². The van der Waals surface area contributed by atoms with Gasteiger partial charge in [0.2, 0.25) is 16.0 Å². The highest BCUT2D eigenvalue weighted by Crippen LogP contribution is 2.17. The standard InChI is InChI=1S/C7H13FN2O4S/c1-5-2-10(7(11)12)3-6(5)9-15(13,14)4-8/h5-6,9H,2-4H2,1H3,(H,11,12). The van der Waals surface area contributed by atoms with Crippen LogP contribution in [0.3, 0.4) is 0 Å². The van der Waals surface area contributed by atoms with E-state index in [-0.39, 0.29) is 19.0 Å². The summed E-state index contributed by atoms with van der Waals surface area (Å²) in [5.74, 6) is -0.151. The molecule has 15 heavy (non-hydrogen) atoms. The molecule has 0 saturated carbocycles. The number of halogens is 1. The maximum atomic E-state index is 12.0. The molecular formula is C7H13FN2O4S. The summed E-state index contributed by atoms with van der Waals surface area (Å²) in [4.78, 5) is 11.7. The summed E-state index contributed by atoms with van der Waals surface area (Å²) in [5, 5.41) is 8.68. The summed E-state index contributed by atoms with van der Waals surface area (Å²) < 4.78 is 36.0. The number of amides is 1. The third-order valence-corrected chi connectivity index (χ3v) is 3.31. The van der Waals surface area contributed by atoms with Crippen LogP contribution in [-0.2, 0) is 10.0 Å². The molecule has 0 aliphatic carbocycles. The van der Waals surface area contributed by atoms with Crippen molar-refractivity contribution in [3.63, 3.8) is 0 Å². The summed E-state index contributed by atoms with van der Waals surface area (Å²) in [6.45, 7) is 2.04. The predicted molar refractivity (Wildman–Crippen MR) is 50.6 cm³/mol. The lowest BCUT2D eigenvalue weighted by atomic mass is 10.1. The number of rotatable bonds is 3. The predicted octanol–water partition coefficient (Wildman–Crippen LogP) is -0.169. The number of hydrogen-bond acceptors (Lipinski definition) is 3. The van der Waals surface area contributed by atoms with Crippen molar-refractivity contribution in [2.45, 2.75) is 13.0 Å². The number of nitrogens with zero attached hydrogens (tertiary/aromatic N) is 1. The fraction of sp³-hybridized carbons (Fsp3) is 0.857. The molecule has 0 aromatic carbocycles. The van der Waals surface area contributed by atoms with Gasteiger partial charge in [0.1, 0.15) is 0 Å². The van der Waals surface area contributed by atoms with Crippen LogP contribution in [0.1, 0.15) is 6.92 Å². The van der Waals surface area contributed by atoms with E-state index >= 15 is 0 Å². The Morgan fingerprint density at radius 1 is 1.60 bits per heavy atom. The second kappa shape index (κ2) is 4.31. The Morgan fingerprint density at radius 2 is 2.20 bits per heavy atom. The monoisotopic (exact) mass is 240 g/mol. The molecule has 2 N–H and O–H groups in total. The van der Waals surface area contributed by atoms with Crippen molar-refractivity contribution in [2.75, 3.05) is 19.1 Å². The first-order valence-electron chi connectivity index (χ1n) is 4.39. The lowest BCUT2D eigenvalue weighted by Gasteiger charge is -2.14. The van der Waals surface area contributed by atoms with Crippen LogP contribution in [0.25, 0.3) is 0 Å². The maximum Gasteiger partial charge on any atom is 0.407 e. The highest BCUT2D eigenvalue weighted by molar-refractivity contribution is 7.89. The van der Waals surface area contributed by atoms with Gasteiger partial charge < -0.3 is 10.0 Å². The minimum absolute atomic E-state index is 0.0652. The molecule has 1 aliphatic heterocycles. The van der Waals surface area contributed by atoms with E-state index in [1.54, 1.807) is 6.92 Å². The first kappa shape index (κ1) is 12.2. The Morgan fingerprint density at radius 3 is 2.60 bits per heavy atom. The number of carboxylic acid groups (broad SMARTS) is 1. The molecule has 2 atom stereocenters. The summed E-state index contributed by atoms with van der Waals surface area (Å²) in [5.41, 5.74) is 0. The van der Waals surface area contributed by atoms with Gasteiger partial charge in [-0.1, -0.05) is 6.92 Å². The average Bonchev–Trinajstić information content (AvgIpc) is 2.47. The molecule has 1 heterocycles. The summed E-state index contributed by atoms with van der Waals surface area (Å²) in [6, 6.07) is -2.02. The molecule has 0 radical (unpaired) electrons. The molecule has 8 heteroatoms. The first-order chi connectivity index (χ1) is 6.85. The molecule has 1 saturated heterocycles. The maximum absolute atomic E-state index is 12.0. The van der Waals surface area contributed by atoms with E-state index in [1.165, 1.54) is 0 Å². The van der Waals surface area contributed by atoms with Gasteiger partial charge in [-0.25, -0.2) is 22.3 Å². The molecule has 88 valence electrons. The highest BCUT2D eigenvalue weighted by Gasteiger charge is 2.34. The minimum Gasteiger partial charge on any atom is -0.465 e. The van der Waals surface area contributed by atoms with Crippen LogP contribution in [0.5, 0.6) is 0 Å². The number of hydrogen-bond donors (Lipinski definition) is 2. The van der Waals surface area contributed by atoms with E-state index in [4.69, 9.17) is 5.11 Å². The largest absolute Gasteiger partial charge is 0.465 e. The quantitative estimate of drug-likeness (QED) is 0.717. The zero-order valence-electron chi connectivity index (χ0n) is 8.18. The van der Waals surface area contributed by atoms with Crippen molar-refractivity contribution in [2.24, 2.45) is 5.92 Å². The van der Waals surface area contributed by atoms with Crippen LogP contribution >= 0.6 is 0 Å². The van der Waals surface area contributed by atoms with Crippen molar-refractivity contribution < 1.29 is 22.7 Å². The van der Waals surface area contributed by atoms with Crippen molar-refractivity contribution >= 4 is 16.1 Å². The normalized spacial score (nSPS) is 26.9. The van der Waals surface area contributed by atoms with Gasteiger partial charge in [0.05, 0.1) is 0 Å². The van der Waals surface area contributed by atoms with Gasteiger partial charge in [0.25, 0.3) is 0 Å². The lowest BCUT2D eigenvalue weighted by molar-refractivity contribution is 0.154. The summed E-state index contributed by atoms with van der Waals surface area (Å²) in [6.07, 6.45) is -1.09. The Bertz CT molecular complexity index is 345. The Hall–Kier alpha value is -0.890. The SMILES string of the molecule is CC1CN(C(=O)O)CC1NS(=O)(=O)CF. The van der Waals surface area contributed by atoms with E-state index in [9.17, 15) is 17.6 Å². The molecule has 0 spiro atoms. The molecule has 0 bridgehead atoms. The third kappa shape index (κ3) is 3.03. The lowest BCUT2D eigenvalue weighted by Crippen LogP contribution is -2.40. The van der Waals surface area contributed by atoms with Crippen molar-refractivity contribution in [1.29, 1.82) is 0 Å². The molecule has 1 aliphatic rings. The molecule has 1 amide bonds. The number of likely N-dealkylation sites (tertiary alicyclic amines) is 1. The van der Waals surface area contributed by atoms with Gasteiger partial charge in [0.15, 0.2) is 0 Å². The second-order valence-electron chi connectivity index (χ2n) is 3.61. The molecule has 2 unspecified atom stereocenters. The summed E-state index contributed by atoms with van der Waals surface area (Å²) >= 11 is 0. The van der Waals surface area contributed by atoms with E-state index in [1.807, 2.05) is 0 Å². The molecular weight excluding hydrogens is 227 g/mol. The average molecular weight is 240 g/mol. The Labute approximate surface area is 87.1 Å². The van der Waals surface area contributed by atoms with Crippen molar-refractivity contribution in [3.05, 3.63) is 0 Å². The fourth-order valence-corrected chi connectivity index (χ4v) is 2.37. The van der Waals surface area contributed by atoms with Crippen LogP contribution in [0.15, 0.2) is 0 Å². The number of nitrogens with one attached hydrogen (secondary N) is 1. The number of sulfonamides is 1. The van der Waals surface area contributed by atoms with E-state index in [0.29, 0.717) is 0 Å². The number of carbonyl (C=O) groups is 1. The van der Waals surface area contributed by atoms with Crippen molar-refractivity contribution in [1.82, 2.24) is 9.62 Å². The van der Waals surface area contributed by atoms with Gasteiger partial charge >= 0.3 is 6.09 Å². The zero-order chi connectivity index (χ0) is 11.6. The Balaban J connectivity index is 2.62. The second-order valence-corrected chi connectivity index (χ2v) is 5.30. The molecule has 1 rings (SSSR count). The fourth-order valence-electron chi connectivity index (χ4n) is 1.54. The van der Waals surface area contributed by atoms with E-state index in [0.717, 1.165) is 4.90 Å². The molecule has 0 aromatic rings. The van der Waals surface area contributed by atoms with Crippen LogP contribution in [0, 0.1) is 5.92 Å². The summed E-state index contributed by atoms with van der Waals surface area (Å²) in [7, 11) is -3.92. The van der Waals surface area contributed by atoms with Crippen LogP contribution in [-0.4, -0.2) is 49.7 Å². The van der Waals surface area contributed by atoms with E-state index in [2.05, 4.69) is 4.72 Å². The third-order valence-electron chi connectivity index (χ3n) is 2.36. The van der Waals surface area contributed by atoms with Crippen LogP contribution in [0.2, 0.25) is 0 Å². The minimum atomic E-state index is -3.92. The van der Waals surface area contributed by atoms with Crippen LogP contribution < -0.4 is 4.72 Å². The van der Waals surface area contributed by atoms with Crippen LogP contribution in [0.4, 0.5) is 9.18 Å². The number of alkyl halides is 1. The zero-order valence-corrected chi connectivity index (χ0v) is 9.00. The van der Waals surface area contributed by atoms with Crippen molar-refractivity contribution in [3.8, 4) is 0 Å². The molecule has 1 fully saturated rings. The smallest absolute Gasteiger partial charge is 0.407 e. The van der Waals surface area contributed by atoms with Gasteiger partial charge in [-0.2, -0.15) is 0 Å².